The van der Waals surface area contributed by atoms with E-state index in [2.05, 4.69) is 41.8 Å². The van der Waals surface area contributed by atoms with Gasteiger partial charge in [0.2, 0.25) is 0 Å². The molecule has 2 aromatic carbocycles. The highest BCUT2D eigenvalue weighted by atomic mass is 32.1. The number of hydrogen-bond donors (Lipinski definition) is 0. The first-order valence-electron chi connectivity index (χ1n) is 6.40. The predicted molar refractivity (Wildman–Crippen MR) is 79.8 cm³/mol. The summed E-state index contributed by atoms with van der Waals surface area (Å²) in [6, 6.07) is 13.2. The highest BCUT2D eigenvalue weighted by molar-refractivity contribution is 7.16. The predicted octanol–water partition coefficient (Wildman–Crippen LogP) is 5.22. The van der Waals surface area contributed by atoms with Gasteiger partial charge in [0, 0.05) is 10.9 Å². The molecule has 19 heavy (non-hydrogen) atoms. The molecule has 0 N–H and O–H groups in total. The summed E-state index contributed by atoms with van der Waals surface area (Å²) in [6.07, 6.45) is 2.93. The van der Waals surface area contributed by atoms with E-state index in [9.17, 15) is 0 Å². The van der Waals surface area contributed by atoms with Crippen LogP contribution >= 0.6 is 11.3 Å². The van der Waals surface area contributed by atoms with Crippen molar-refractivity contribution in [2.75, 3.05) is 0 Å². The van der Waals surface area contributed by atoms with E-state index in [1.807, 2.05) is 6.26 Å². The Hall–Kier alpha value is -2.06. The van der Waals surface area contributed by atoms with Crippen LogP contribution in [0.2, 0.25) is 0 Å². The molecule has 1 nitrogen and oxygen atoms in total. The Bertz CT molecular complexity index is 942. The first-order valence-corrected chi connectivity index (χ1v) is 7.28. The highest BCUT2D eigenvalue weighted by Gasteiger charge is 2.22. The second kappa shape index (κ2) is 3.28. The molecule has 0 spiro atoms. The number of furan rings is 1. The van der Waals surface area contributed by atoms with E-state index in [-0.39, 0.29) is 0 Å². The minimum Gasteiger partial charge on any atom is -0.453 e. The molecule has 2 heterocycles. The summed E-state index contributed by atoms with van der Waals surface area (Å²) in [5.41, 5.74) is 5.42. The van der Waals surface area contributed by atoms with Gasteiger partial charge in [-0.1, -0.05) is 30.3 Å². The average Bonchev–Trinajstić information content (AvgIpc) is 3.03. The molecule has 0 aliphatic heterocycles. The summed E-state index contributed by atoms with van der Waals surface area (Å²) in [7, 11) is 0. The lowest BCUT2D eigenvalue weighted by Gasteiger charge is -2.15. The highest BCUT2D eigenvalue weighted by Crippen LogP contribution is 2.44. The normalized spacial score (nSPS) is 13.1. The molecule has 0 saturated carbocycles. The SMILES string of the molecule is c1ccc2cc3c(cc2c1)Cc1csc2occ-3c12. The Morgan fingerprint density at radius 3 is 2.68 bits per heavy atom. The van der Waals surface area contributed by atoms with Crippen LogP contribution in [-0.4, -0.2) is 0 Å². The lowest BCUT2D eigenvalue weighted by molar-refractivity contribution is 0.625. The van der Waals surface area contributed by atoms with Crippen LogP contribution in [0, 0.1) is 0 Å². The molecule has 0 unspecified atom stereocenters. The van der Waals surface area contributed by atoms with Crippen molar-refractivity contribution in [3.05, 3.63) is 59.2 Å². The van der Waals surface area contributed by atoms with Crippen LogP contribution in [0.25, 0.3) is 32.2 Å². The molecule has 0 bridgehead atoms. The lowest BCUT2D eigenvalue weighted by Crippen LogP contribution is -1.97. The summed E-state index contributed by atoms with van der Waals surface area (Å²) in [6.45, 7) is 0. The first kappa shape index (κ1) is 9.82. The van der Waals surface area contributed by atoms with Crippen LogP contribution in [0.5, 0.6) is 0 Å². The van der Waals surface area contributed by atoms with Crippen LogP contribution in [0.3, 0.4) is 0 Å². The molecule has 1 aliphatic carbocycles. The fraction of sp³-hybridized carbons (Fsp3) is 0.0588. The minimum atomic E-state index is 1.02. The standard InChI is InChI=1S/C17H10OS/c1-2-4-11-7-14-12(5-10(11)3-1)6-13-9-19-17-16(13)15(14)8-18-17/h1-5,7-9H,6H2. The lowest BCUT2D eigenvalue weighted by atomic mass is 9.87. The van der Waals surface area contributed by atoms with Crippen molar-refractivity contribution in [1.82, 2.24) is 0 Å². The van der Waals surface area contributed by atoms with Crippen molar-refractivity contribution < 1.29 is 4.42 Å². The first-order chi connectivity index (χ1) is 9.40. The third-order valence-corrected chi connectivity index (χ3v) is 4.95. The quantitative estimate of drug-likeness (QED) is 0.373. The summed E-state index contributed by atoms with van der Waals surface area (Å²) in [5, 5.41) is 6.18. The van der Waals surface area contributed by atoms with E-state index >= 15 is 0 Å². The third kappa shape index (κ3) is 1.19. The van der Waals surface area contributed by atoms with Gasteiger partial charge in [0.15, 0.2) is 4.90 Å². The van der Waals surface area contributed by atoms with Gasteiger partial charge in [-0.05, 0) is 45.3 Å². The monoisotopic (exact) mass is 262 g/mol. The molecular formula is C17H10OS. The van der Waals surface area contributed by atoms with Crippen LogP contribution in [0.4, 0.5) is 0 Å². The van der Waals surface area contributed by atoms with E-state index in [4.69, 9.17) is 4.42 Å². The van der Waals surface area contributed by atoms with Gasteiger partial charge in [-0.3, -0.25) is 0 Å². The molecule has 0 atom stereocenters. The molecule has 4 aromatic rings. The summed E-state index contributed by atoms with van der Waals surface area (Å²) >= 11 is 1.71. The van der Waals surface area contributed by atoms with Crippen molar-refractivity contribution in [2.24, 2.45) is 0 Å². The van der Waals surface area contributed by atoms with E-state index in [1.165, 1.54) is 38.4 Å². The van der Waals surface area contributed by atoms with Crippen molar-refractivity contribution in [2.45, 2.75) is 6.42 Å². The molecular weight excluding hydrogens is 252 g/mol. The summed E-state index contributed by atoms with van der Waals surface area (Å²) in [5.74, 6) is 0. The summed E-state index contributed by atoms with van der Waals surface area (Å²) < 4.78 is 5.69. The molecule has 2 heteroatoms. The zero-order valence-corrected chi connectivity index (χ0v) is 11.0. The Labute approximate surface area is 114 Å². The maximum absolute atomic E-state index is 5.69. The molecule has 1 aliphatic rings. The average molecular weight is 262 g/mol. The number of benzene rings is 2. The molecule has 2 aromatic heterocycles. The Morgan fingerprint density at radius 1 is 0.947 bits per heavy atom. The van der Waals surface area contributed by atoms with E-state index in [0.717, 1.165) is 11.3 Å². The summed E-state index contributed by atoms with van der Waals surface area (Å²) in [4.78, 5) is 1.06. The number of hydrogen-bond acceptors (Lipinski definition) is 2. The van der Waals surface area contributed by atoms with Crippen LogP contribution in [0.15, 0.2) is 52.5 Å². The van der Waals surface area contributed by atoms with Crippen molar-refractivity contribution in [3.8, 4) is 11.1 Å². The van der Waals surface area contributed by atoms with Crippen LogP contribution in [0.1, 0.15) is 11.1 Å². The molecule has 5 rings (SSSR count). The molecule has 0 radical (unpaired) electrons. The zero-order valence-electron chi connectivity index (χ0n) is 10.1. The van der Waals surface area contributed by atoms with Crippen molar-refractivity contribution in [3.63, 3.8) is 0 Å². The third-order valence-electron chi connectivity index (χ3n) is 4.03. The van der Waals surface area contributed by atoms with Crippen molar-refractivity contribution >= 4 is 32.4 Å². The van der Waals surface area contributed by atoms with Gasteiger partial charge in [0.1, 0.15) is 6.26 Å². The van der Waals surface area contributed by atoms with Gasteiger partial charge in [-0.2, -0.15) is 0 Å². The molecule has 90 valence electrons. The topological polar surface area (TPSA) is 13.1 Å². The van der Waals surface area contributed by atoms with Crippen LogP contribution in [-0.2, 0) is 6.42 Å². The second-order valence-corrected chi connectivity index (χ2v) is 5.95. The van der Waals surface area contributed by atoms with E-state index < -0.39 is 0 Å². The maximum atomic E-state index is 5.69. The van der Waals surface area contributed by atoms with E-state index in [0.29, 0.717) is 0 Å². The minimum absolute atomic E-state index is 1.02. The molecule has 0 fully saturated rings. The molecule has 0 saturated heterocycles. The smallest absolute Gasteiger partial charge is 0.188 e. The fourth-order valence-electron chi connectivity index (χ4n) is 3.13. The van der Waals surface area contributed by atoms with Gasteiger partial charge in [-0.15, -0.1) is 11.3 Å². The van der Waals surface area contributed by atoms with Gasteiger partial charge < -0.3 is 4.42 Å². The van der Waals surface area contributed by atoms with Gasteiger partial charge >= 0.3 is 0 Å². The number of rotatable bonds is 0. The largest absolute Gasteiger partial charge is 0.453 e. The number of thiophene rings is 1. The zero-order chi connectivity index (χ0) is 12.4. The Morgan fingerprint density at radius 2 is 1.79 bits per heavy atom. The van der Waals surface area contributed by atoms with Gasteiger partial charge in [0.25, 0.3) is 0 Å². The van der Waals surface area contributed by atoms with Gasteiger partial charge in [-0.25, -0.2) is 0 Å². The van der Waals surface area contributed by atoms with Crippen LogP contribution < -0.4 is 0 Å². The van der Waals surface area contributed by atoms with Gasteiger partial charge in [0.05, 0.1) is 0 Å². The number of fused-ring (bicyclic) bond motifs is 3. The fourth-order valence-corrected chi connectivity index (χ4v) is 4.05. The van der Waals surface area contributed by atoms with E-state index in [1.54, 1.807) is 11.3 Å². The Kier molecular flexibility index (Phi) is 1.69. The Balaban J connectivity index is 1.95. The van der Waals surface area contributed by atoms with Crippen molar-refractivity contribution in [1.29, 1.82) is 0 Å². The second-order valence-electron chi connectivity index (χ2n) is 5.11. The molecule has 0 amide bonds. The maximum Gasteiger partial charge on any atom is 0.188 e.